The Morgan fingerprint density at radius 1 is 1.21 bits per heavy atom. The van der Waals surface area contributed by atoms with E-state index in [1.165, 1.54) is 0 Å². The molecule has 0 saturated carbocycles. The van der Waals surface area contributed by atoms with Gasteiger partial charge < -0.3 is 26.0 Å². The monoisotopic (exact) mass is 472 g/mol. The van der Waals surface area contributed by atoms with E-state index >= 15 is 0 Å². The summed E-state index contributed by atoms with van der Waals surface area (Å²) in [5.74, 6) is 0.381. The molecular weight excluding hydrogens is 441 g/mol. The Morgan fingerprint density at radius 3 is 2.33 bits per heavy atom. The number of aliphatic hydroxyl groups is 2. The first-order chi connectivity index (χ1) is 15.4. The summed E-state index contributed by atoms with van der Waals surface area (Å²) in [6.07, 6.45) is -4.66. The van der Waals surface area contributed by atoms with Gasteiger partial charge in [0.05, 0.1) is 18.5 Å². The fraction of sp³-hybridized carbons (Fsp3) is 0.500. The lowest BCUT2D eigenvalue weighted by Crippen LogP contribution is -2.49. The summed E-state index contributed by atoms with van der Waals surface area (Å²) >= 11 is 0. The molecule has 2 aromatic rings. The summed E-state index contributed by atoms with van der Waals surface area (Å²) in [6, 6.07) is 8.82. The molecule has 8 nitrogen and oxygen atoms in total. The van der Waals surface area contributed by atoms with Crippen LogP contribution in [0.1, 0.15) is 43.2 Å². The van der Waals surface area contributed by atoms with Crippen molar-refractivity contribution in [3.05, 3.63) is 54.0 Å². The van der Waals surface area contributed by atoms with Crippen LogP contribution in [-0.2, 0) is 10.9 Å². The van der Waals surface area contributed by atoms with E-state index in [0.29, 0.717) is 24.8 Å². The van der Waals surface area contributed by atoms with Gasteiger partial charge in [-0.3, -0.25) is 9.78 Å². The van der Waals surface area contributed by atoms with Gasteiger partial charge in [0.2, 0.25) is 0 Å². The van der Waals surface area contributed by atoms with Crippen LogP contribution in [0.25, 0.3) is 0 Å². The summed E-state index contributed by atoms with van der Waals surface area (Å²) in [7, 11) is 0. The van der Waals surface area contributed by atoms with Crippen LogP contribution < -0.4 is 11.1 Å². The smallest absolute Gasteiger partial charge is 0.390 e. The quantitative estimate of drug-likeness (QED) is 0.540. The second-order valence-electron chi connectivity index (χ2n) is 7.89. The largest absolute Gasteiger partial charge is 0.434 e. The van der Waals surface area contributed by atoms with Gasteiger partial charge in [-0.25, -0.2) is 4.98 Å². The van der Waals surface area contributed by atoms with Gasteiger partial charge in [0.15, 0.2) is 5.69 Å². The summed E-state index contributed by atoms with van der Waals surface area (Å²) in [6.45, 7) is 7.08. The second-order valence-corrected chi connectivity index (χ2v) is 7.89. The zero-order chi connectivity index (χ0) is 25.0. The van der Waals surface area contributed by atoms with Crippen molar-refractivity contribution in [2.75, 3.05) is 18.9 Å². The van der Waals surface area contributed by atoms with Crippen LogP contribution in [0.2, 0.25) is 0 Å². The van der Waals surface area contributed by atoms with Crippen LogP contribution in [0, 0.1) is 5.92 Å². The number of hydrogen-bond acceptors (Lipinski definition) is 7. The molecule has 0 spiro atoms. The summed E-state index contributed by atoms with van der Waals surface area (Å²) < 4.78 is 40.8. The van der Waals surface area contributed by atoms with Gasteiger partial charge >= 0.3 is 6.18 Å². The first-order valence-corrected chi connectivity index (χ1v) is 10.4. The maximum atomic E-state index is 11.8. The van der Waals surface area contributed by atoms with E-state index in [9.17, 15) is 28.2 Å². The highest BCUT2D eigenvalue weighted by Gasteiger charge is 2.33. The maximum Gasteiger partial charge on any atom is 0.434 e. The number of nitrogen functional groups attached to an aromatic ring is 1. The fourth-order valence-corrected chi connectivity index (χ4v) is 2.44. The minimum atomic E-state index is -4.47. The Labute approximate surface area is 191 Å². The molecule has 1 saturated heterocycles. The zero-order valence-electron chi connectivity index (χ0n) is 18.8. The molecule has 1 fully saturated rings. The number of anilines is 1. The standard InChI is InChI=1S/C13H17NO4.C5H4F3N3.C4H10/c15-10-6-7-18-11(12(10)16)8-14-13(17)9-4-2-1-3-5-9;6-5(7,8)3-1-10-2-4(9)11-3;1-4(2)3/h1-5,10-12,15-16H,6-8H2,(H,14,17);1-2H,(H2,9,11);4H,1-3H3. The molecule has 33 heavy (non-hydrogen) atoms. The third-order valence-corrected chi connectivity index (χ3v) is 3.96. The van der Waals surface area contributed by atoms with Crippen molar-refractivity contribution in [1.82, 2.24) is 15.3 Å². The Morgan fingerprint density at radius 2 is 1.82 bits per heavy atom. The number of amides is 1. The minimum Gasteiger partial charge on any atom is -0.390 e. The first kappa shape index (κ1) is 28.3. The number of ether oxygens (including phenoxy) is 1. The van der Waals surface area contributed by atoms with Crippen LogP contribution in [0.4, 0.5) is 19.0 Å². The normalized spacial score (nSPS) is 20.1. The molecule has 3 atom stereocenters. The van der Waals surface area contributed by atoms with Crippen molar-refractivity contribution in [1.29, 1.82) is 0 Å². The van der Waals surface area contributed by atoms with Crippen LogP contribution in [0.3, 0.4) is 0 Å². The van der Waals surface area contributed by atoms with E-state index in [1.54, 1.807) is 24.3 Å². The molecule has 0 radical (unpaired) electrons. The Kier molecular flexibility index (Phi) is 11.7. The molecule has 1 aromatic heterocycles. The number of halogens is 3. The van der Waals surface area contributed by atoms with Crippen LogP contribution in [0.5, 0.6) is 0 Å². The number of nitrogens with one attached hydrogen (secondary N) is 1. The fourth-order valence-electron chi connectivity index (χ4n) is 2.44. The van der Waals surface area contributed by atoms with Gasteiger partial charge in [0, 0.05) is 18.7 Å². The molecule has 0 bridgehead atoms. The maximum absolute atomic E-state index is 11.8. The third kappa shape index (κ3) is 11.1. The van der Waals surface area contributed by atoms with E-state index in [2.05, 4.69) is 36.1 Å². The van der Waals surface area contributed by atoms with Crippen molar-refractivity contribution in [3.63, 3.8) is 0 Å². The number of carbonyl (C=O) groups excluding carboxylic acids is 1. The lowest BCUT2D eigenvalue weighted by Gasteiger charge is -2.32. The first-order valence-electron chi connectivity index (χ1n) is 10.4. The highest BCUT2D eigenvalue weighted by atomic mass is 19.4. The predicted octanol–water partition coefficient (Wildman–Crippen LogP) is 2.67. The summed E-state index contributed by atoms with van der Waals surface area (Å²) in [5, 5.41) is 21.9. The predicted molar refractivity (Wildman–Crippen MR) is 117 cm³/mol. The molecule has 1 aromatic carbocycles. The molecule has 3 unspecified atom stereocenters. The van der Waals surface area contributed by atoms with Crippen molar-refractivity contribution in [2.24, 2.45) is 5.92 Å². The molecular formula is C22H31F3N4O4. The highest BCUT2D eigenvalue weighted by Crippen LogP contribution is 2.26. The van der Waals surface area contributed by atoms with Gasteiger partial charge in [-0.15, -0.1) is 0 Å². The number of alkyl halides is 3. The highest BCUT2D eigenvalue weighted by molar-refractivity contribution is 5.94. The molecule has 1 aliphatic heterocycles. The third-order valence-electron chi connectivity index (χ3n) is 3.96. The molecule has 3 rings (SSSR count). The van der Waals surface area contributed by atoms with Gasteiger partial charge in [0.1, 0.15) is 18.0 Å². The Balaban J connectivity index is 0.000000309. The number of aliphatic hydroxyl groups excluding tert-OH is 2. The Bertz CT molecular complexity index is 835. The van der Waals surface area contributed by atoms with Crippen LogP contribution in [0.15, 0.2) is 42.7 Å². The number of hydrogen-bond donors (Lipinski definition) is 4. The number of nitrogens with two attached hydrogens (primary N) is 1. The summed E-state index contributed by atoms with van der Waals surface area (Å²) in [5.41, 5.74) is 4.47. The average Bonchev–Trinajstić information content (AvgIpc) is 2.75. The van der Waals surface area contributed by atoms with Crippen LogP contribution >= 0.6 is 0 Å². The molecule has 5 N–H and O–H groups in total. The van der Waals surface area contributed by atoms with E-state index in [1.807, 2.05) is 6.07 Å². The van der Waals surface area contributed by atoms with Crippen LogP contribution in [-0.4, -0.2) is 57.6 Å². The zero-order valence-corrected chi connectivity index (χ0v) is 18.8. The molecule has 2 heterocycles. The molecule has 1 amide bonds. The number of rotatable bonds is 3. The topological polar surface area (TPSA) is 131 Å². The van der Waals surface area contributed by atoms with Gasteiger partial charge in [-0.2, -0.15) is 13.2 Å². The second kappa shape index (κ2) is 13.7. The average molecular weight is 473 g/mol. The lowest BCUT2D eigenvalue weighted by atomic mass is 10.0. The van der Waals surface area contributed by atoms with E-state index < -0.39 is 30.2 Å². The lowest BCUT2D eigenvalue weighted by molar-refractivity contribution is -0.141. The van der Waals surface area contributed by atoms with Gasteiger partial charge in [0.25, 0.3) is 5.91 Å². The molecule has 1 aliphatic rings. The van der Waals surface area contributed by atoms with Gasteiger partial charge in [-0.1, -0.05) is 39.0 Å². The minimum absolute atomic E-state index is 0.186. The van der Waals surface area contributed by atoms with Gasteiger partial charge in [-0.05, 0) is 24.5 Å². The SMILES string of the molecule is CC(C)C.Nc1cncc(C(F)(F)F)n1.O=C(NCC1OCCC(O)C1O)c1ccccc1. The van der Waals surface area contributed by atoms with Crippen molar-refractivity contribution < 1.29 is 32.9 Å². The van der Waals surface area contributed by atoms with E-state index in [4.69, 9.17) is 10.5 Å². The number of aromatic nitrogens is 2. The number of carbonyl (C=O) groups is 1. The Hall–Kier alpha value is -2.76. The number of benzene rings is 1. The molecule has 184 valence electrons. The number of nitrogens with zero attached hydrogens (tertiary/aromatic N) is 2. The van der Waals surface area contributed by atoms with E-state index in [0.717, 1.165) is 12.1 Å². The summed E-state index contributed by atoms with van der Waals surface area (Å²) in [4.78, 5) is 18.0. The van der Waals surface area contributed by atoms with Crippen molar-refractivity contribution in [2.45, 2.75) is 51.7 Å². The van der Waals surface area contributed by atoms with E-state index in [-0.39, 0.29) is 18.3 Å². The molecule has 0 aliphatic carbocycles. The van der Waals surface area contributed by atoms with Crippen molar-refractivity contribution >= 4 is 11.7 Å². The van der Waals surface area contributed by atoms with Crippen molar-refractivity contribution in [3.8, 4) is 0 Å². The molecule has 11 heteroatoms.